The maximum atomic E-state index is 12.7. The van der Waals surface area contributed by atoms with E-state index in [-0.39, 0.29) is 11.9 Å². The van der Waals surface area contributed by atoms with Crippen LogP contribution in [0.1, 0.15) is 33.2 Å². The molecule has 0 aliphatic carbocycles. The van der Waals surface area contributed by atoms with E-state index in [1.54, 1.807) is 19.2 Å². The van der Waals surface area contributed by atoms with Crippen molar-refractivity contribution in [2.45, 2.75) is 19.0 Å². The molecule has 0 unspecified atom stereocenters. The lowest BCUT2D eigenvalue weighted by Gasteiger charge is -2.36. The zero-order valence-electron chi connectivity index (χ0n) is 17.0. The van der Waals surface area contributed by atoms with Crippen LogP contribution in [-0.2, 0) is 20.0 Å². The van der Waals surface area contributed by atoms with Crippen molar-refractivity contribution in [2.75, 3.05) is 20.2 Å². The van der Waals surface area contributed by atoms with Gasteiger partial charge in [0.25, 0.3) is 5.91 Å². The number of hydrogen-bond acceptors (Lipinski definition) is 3. The van der Waals surface area contributed by atoms with E-state index >= 15 is 0 Å². The van der Waals surface area contributed by atoms with Gasteiger partial charge in [0.15, 0.2) is 0 Å². The molecule has 0 saturated carbocycles. The van der Waals surface area contributed by atoms with Gasteiger partial charge in [0.2, 0.25) is 0 Å². The Morgan fingerprint density at radius 2 is 1.83 bits per heavy atom. The zero-order valence-corrected chi connectivity index (χ0v) is 17.0. The van der Waals surface area contributed by atoms with E-state index < -0.39 is 0 Å². The lowest BCUT2D eigenvalue weighted by molar-refractivity contribution is 0.0925. The second-order valence-corrected chi connectivity index (χ2v) is 7.49. The predicted molar refractivity (Wildman–Crippen MR) is 114 cm³/mol. The van der Waals surface area contributed by atoms with Crippen LogP contribution in [0.2, 0.25) is 0 Å². The number of fused-ring (bicyclic) bond motifs is 1. The summed E-state index contributed by atoms with van der Waals surface area (Å²) in [6.45, 7) is 2.43. The molecule has 0 radical (unpaired) electrons. The molecule has 4 rings (SSSR count). The number of nitrogens with one attached hydrogen (secondary N) is 1. The van der Waals surface area contributed by atoms with Gasteiger partial charge in [-0.2, -0.15) is 0 Å². The highest BCUT2D eigenvalue weighted by Gasteiger charge is 2.26. The van der Waals surface area contributed by atoms with Crippen LogP contribution in [0.4, 0.5) is 0 Å². The number of amides is 1. The average Bonchev–Trinajstić information content (AvgIpc) is 3.19. The third-order valence-electron chi connectivity index (χ3n) is 5.73. The minimum Gasteiger partial charge on any atom is -0.497 e. The first-order chi connectivity index (χ1) is 14.2. The summed E-state index contributed by atoms with van der Waals surface area (Å²) < 4.78 is 7.32. The first-order valence-corrected chi connectivity index (χ1v) is 10.00. The van der Waals surface area contributed by atoms with E-state index in [4.69, 9.17) is 4.74 Å². The molecule has 0 fully saturated rings. The van der Waals surface area contributed by atoms with Gasteiger partial charge in [-0.05, 0) is 53.9 Å². The quantitative estimate of drug-likeness (QED) is 0.701. The van der Waals surface area contributed by atoms with Crippen molar-refractivity contribution < 1.29 is 9.53 Å². The molecule has 0 bridgehead atoms. The van der Waals surface area contributed by atoms with Crippen molar-refractivity contribution in [1.82, 2.24) is 14.8 Å². The van der Waals surface area contributed by atoms with E-state index in [1.807, 2.05) is 12.1 Å². The van der Waals surface area contributed by atoms with Crippen molar-refractivity contribution in [3.63, 3.8) is 0 Å². The third-order valence-corrected chi connectivity index (χ3v) is 5.73. The first kappa shape index (κ1) is 19.3. The Labute approximate surface area is 171 Å². The highest BCUT2D eigenvalue weighted by atomic mass is 16.5. The van der Waals surface area contributed by atoms with Crippen molar-refractivity contribution in [3.05, 3.63) is 89.2 Å². The van der Waals surface area contributed by atoms with E-state index in [0.29, 0.717) is 12.1 Å². The molecule has 150 valence electrons. The van der Waals surface area contributed by atoms with Gasteiger partial charge < -0.3 is 14.6 Å². The predicted octanol–water partition coefficient (Wildman–Crippen LogP) is 3.56. The van der Waals surface area contributed by atoms with Gasteiger partial charge in [0, 0.05) is 44.1 Å². The van der Waals surface area contributed by atoms with E-state index in [1.165, 1.54) is 16.8 Å². The van der Waals surface area contributed by atoms with Gasteiger partial charge in [0.1, 0.15) is 5.75 Å². The summed E-state index contributed by atoms with van der Waals surface area (Å²) in [6, 6.07) is 20.2. The second kappa shape index (κ2) is 8.53. The summed E-state index contributed by atoms with van der Waals surface area (Å²) in [6.07, 6.45) is 3.09. The number of carbonyl (C=O) groups is 1. The minimum absolute atomic E-state index is 0.0655. The fourth-order valence-electron chi connectivity index (χ4n) is 4.06. The summed E-state index contributed by atoms with van der Waals surface area (Å²) in [4.78, 5) is 15.2. The summed E-state index contributed by atoms with van der Waals surface area (Å²) in [5.74, 6) is 0.680. The van der Waals surface area contributed by atoms with Crippen LogP contribution in [0.25, 0.3) is 0 Å². The van der Waals surface area contributed by atoms with Crippen molar-refractivity contribution in [1.29, 1.82) is 0 Å². The van der Waals surface area contributed by atoms with Crippen LogP contribution in [0.15, 0.2) is 66.9 Å². The lowest BCUT2D eigenvalue weighted by atomic mass is 9.97. The molecule has 1 amide bonds. The SMILES string of the molecule is COc1ccc(C(=O)NC[C@@H](c2cccn2C)N2CCc3ccccc3C2)cc1. The second-order valence-electron chi connectivity index (χ2n) is 7.49. The first-order valence-electron chi connectivity index (χ1n) is 10.00. The Balaban J connectivity index is 1.51. The molecule has 1 N–H and O–H groups in total. The standard InChI is InChI=1S/C24H27N3O2/c1-26-14-5-8-22(26)23(27-15-13-18-6-3-4-7-20(18)17-27)16-25-24(28)19-9-11-21(29-2)12-10-19/h3-12,14,23H,13,15-17H2,1-2H3,(H,25,28)/t23-/m0/s1. The number of ether oxygens (including phenoxy) is 1. The molecule has 3 aromatic rings. The summed E-state index contributed by atoms with van der Waals surface area (Å²) in [5, 5.41) is 3.14. The van der Waals surface area contributed by atoms with Crippen LogP contribution in [-0.4, -0.2) is 35.6 Å². The maximum Gasteiger partial charge on any atom is 0.251 e. The largest absolute Gasteiger partial charge is 0.497 e. The Morgan fingerprint density at radius 1 is 1.07 bits per heavy atom. The number of benzene rings is 2. The summed E-state index contributed by atoms with van der Waals surface area (Å²) in [7, 11) is 3.68. The minimum atomic E-state index is -0.0655. The van der Waals surface area contributed by atoms with Gasteiger partial charge in [0.05, 0.1) is 13.2 Å². The van der Waals surface area contributed by atoms with Gasteiger partial charge in [-0.3, -0.25) is 9.69 Å². The third kappa shape index (κ3) is 4.20. The summed E-state index contributed by atoms with van der Waals surface area (Å²) >= 11 is 0. The van der Waals surface area contributed by atoms with Crippen LogP contribution in [0.3, 0.4) is 0 Å². The molecule has 0 saturated heterocycles. The number of nitrogens with zero attached hydrogens (tertiary/aromatic N) is 2. The number of carbonyl (C=O) groups excluding carboxylic acids is 1. The Bertz CT molecular complexity index is 978. The van der Waals surface area contributed by atoms with Gasteiger partial charge in [-0.1, -0.05) is 24.3 Å². The smallest absolute Gasteiger partial charge is 0.251 e. The zero-order chi connectivity index (χ0) is 20.2. The number of aryl methyl sites for hydroxylation is 1. The number of methoxy groups -OCH3 is 1. The normalized spacial score (nSPS) is 14.8. The van der Waals surface area contributed by atoms with Crippen molar-refractivity contribution in [2.24, 2.45) is 7.05 Å². The lowest BCUT2D eigenvalue weighted by Crippen LogP contribution is -2.41. The highest BCUT2D eigenvalue weighted by Crippen LogP contribution is 2.27. The topological polar surface area (TPSA) is 46.5 Å². The molecule has 29 heavy (non-hydrogen) atoms. The molecule has 1 aliphatic heterocycles. The van der Waals surface area contributed by atoms with E-state index in [9.17, 15) is 4.79 Å². The number of aromatic nitrogens is 1. The molecule has 1 aromatic heterocycles. The molecule has 1 aliphatic rings. The van der Waals surface area contributed by atoms with Gasteiger partial charge in [-0.15, -0.1) is 0 Å². The molecular formula is C24H27N3O2. The van der Waals surface area contributed by atoms with Gasteiger partial charge in [-0.25, -0.2) is 0 Å². The Hall–Kier alpha value is -3.05. The van der Waals surface area contributed by atoms with Crippen LogP contribution >= 0.6 is 0 Å². The molecule has 2 aromatic carbocycles. The van der Waals surface area contributed by atoms with Crippen LogP contribution in [0, 0.1) is 0 Å². The number of hydrogen-bond donors (Lipinski definition) is 1. The molecule has 5 nitrogen and oxygen atoms in total. The maximum absolute atomic E-state index is 12.7. The summed E-state index contributed by atoms with van der Waals surface area (Å²) in [5.41, 5.74) is 4.65. The Kier molecular flexibility index (Phi) is 5.67. The Morgan fingerprint density at radius 3 is 2.52 bits per heavy atom. The molecule has 1 atom stereocenters. The monoisotopic (exact) mass is 389 g/mol. The fourth-order valence-corrected chi connectivity index (χ4v) is 4.06. The van der Waals surface area contributed by atoms with Crippen molar-refractivity contribution >= 4 is 5.91 Å². The van der Waals surface area contributed by atoms with Crippen molar-refractivity contribution in [3.8, 4) is 5.75 Å². The highest BCUT2D eigenvalue weighted by molar-refractivity contribution is 5.94. The molecule has 0 spiro atoms. The average molecular weight is 389 g/mol. The van der Waals surface area contributed by atoms with E-state index in [0.717, 1.165) is 25.3 Å². The molecule has 5 heteroatoms. The van der Waals surface area contributed by atoms with Gasteiger partial charge >= 0.3 is 0 Å². The number of rotatable bonds is 6. The molecular weight excluding hydrogens is 362 g/mol. The fraction of sp³-hybridized carbons (Fsp3) is 0.292. The van der Waals surface area contributed by atoms with Crippen LogP contribution < -0.4 is 10.1 Å². The molecule has 2 heterocycles. The van der Waals surface area contributed by atoms with Crippen LogP contribution in [0.5, 0.6) is 5.75 Å². The van der Waals surface area contributed by atoms with E-state index in [2.05, 4.69) is 64.4 Å².